The summed E-state index contributed by atoms with van der Waals surface area (Å²) < 4.78 is 28.9. The molecule has 21 heavy (non-hydrogen) atoms. The molecule has 0 fully saturated rings. The highest BCUT2D eigenvalue weighted by molar-refractivity contribution is 7.90. The summed E-state index contributed by atoms with van der Waals surface area (Å²) in [7, 11) is -4.02. The molecule has 0 atom stereocenters. The number of benzene rings is 1. The van der Waals surface area contributed by atoms with Crippen molar-refractivity contribution in [3.63, 3.8) is 0 Å². The molecule has 1 aromatic carbocycles. The Morgan fingerprint density at radius 3 is 2.48 bits per heavy atom. The fraction of sp³-hybridized carbons (Fsp3) is 0.0833. The van der Waals surface area contributed by atoms with Gasteiger partial charge in [0.2, 0.25) is 20.7 Å². The zero-order valence-corrected chi connectivity index (χ0v) is 11.2. The number of nitro benzene ring substituents is 1. The molecule has 2 aromatic rings. The monoisotopic (exact) mass is 311 g/mol. The van der Waals surface area contributed by atoms with Crippen molar-refractivity contribution in [3.8, 4) is 0 Å². The van der Waals surface area contributed by atoms with Gasteiger partial charge in [0.15, 0.2) is 0 Å². The van der Waals surface area contributed by atoms with Crippen LogP contribution >= 0.6 is 0 Å². The minimum atomic E-state index is -4.02. The van der Waals surface area contributed by atoms with Crippen molar-refractivity contribution in [1.29, 1.82) is 0 Å². The molecule has 1 heterocycles. The van der Waals surface area contributed by atoms with Crippen LogP contribution in [0.2, 0.25) is 0 Å². The number of rotatable bonds is 5. The van der Waals surface area contributed by atoms with Gasteiger partial charge in [-0.2, -0.15) is 0 Å². The van der Waals surface area contributed by atoms with E-state index in [0.717, 1.165) is 12.1 Å². The highest BCUT2D eigenvalue weighted by atomic mass is 32.2. The molecule has 0 saturated carbocycles. The van der Waals surface area contributed by atoms with Crippen LogP contribution in [-0.2, 0) is 15.6 Å². The third-order valence-corrected chi connectivity index (χ3v) is 4.16. The van der Waals surface area contributed by atoms with E-state index in [1.54, 1.807) is 0 Å². The molecule has 0 aliphatic heterocycles. The number of hydrogen-bond donors (Lipinski definition) is 1. The maximum absolute atomic E-state index is 12.1. The first-order valence-corrected chi connectivity index (χ1v) is 7.24. The van der Waals surface area contributed by atoms with E-state index in [0.29, 0.717) is 0 Å². The Hall–Kier alpha value is -2.68. The van der Waals surface area contributed by atoms with Gasteiger partial charge in [-0.15, -0.1) is 0 Å². The lowest BCUT2D eigenvalue weighted by molar-refractivity contribution is -0.385. The fourth-order valence-electron chi connectivity index (χ4n) is 1.69. The van der Waals surface area contributed by atoms with E-state index >= 15 is 0 Å². The molecule has 0 bridgehead atoms. The van der Waals surface area contributed by atoms with Gasteiger partial charge in [0, 0.05) is 11.6 Å². The van der Waals surface area contributed by atoms with E-state index in [9.17, 15) is 23.3 Å². The van der Waals surface area contributed by atoms with Crippen LogP contribution in [0.25, 0.3) is 0 Å². The van der Waals surface area contributed by atoms with Crippen molar-refractivity contribution >= 4 is 21.5 Å². The molecule has 110 valence electrons. The van der Waals surface area contributed by atoms with E-state index in [-0.39, 0.29) is 11.3 Å². The van der Waals surface area contributed by atoms with Gasteiger partial charge in [-0.25, -0.2) is 13.2 Å². The highest BCUT2D eigenvalue weighted by Gasteiger charge is 2.25. The van der Waals surface area contributed by atoms with E-state index in [1.165, 1.54) is 24.3 Å². The normalized spacial score (nSPS) is 11.2. The van der Waals surface area contributed by atoms with Gasteiger partial charge in [0.1, 0.15) is 0 Å². The molecule has 1 N–H and O–H groups in total. The van der Waals surface area contributed by atoms with Crippen LogP contribution in [0, 0.1) is 10.1 Å². The quantitative estimate of drug-likeness (QED) is 0.659. The minimum absolute atomic E-state index is 0.00391. The SMILES string of the molecule is O=C(O)c1ccc(S(=O)(=O)Cc2ccccc2[N+](=O)[O-])o1. The van der Waals surface area contributed by atoms with Crippen LogP contribution in [0.1, 0.15) is 16.1 Å². The molecule has 0 unspecified atom stereocenters. The number of carbonyl (C=O) groups is 1. The topological polar surface area (TPSA) is 128 Å². The third-order valence-electron chi connectivity index (χ3n) is 2.63. The summed E-state index contributed by atoms with van der Waals surface area (Å²) in [4.78, 5) is 20.8. The highest BCUT2D eigenvalue weighted by Crippen LogP contribution is 2.24. The molecular formula is C12H9NO7S. The molecule has 9 heteroatoms. The number of furan rings is 1. The van der Waals surface area contributed by atoms with Gasteiger partial charge in [-0.1, -0.05) is 18.2 Å². The smallest absolute Gasteiger partial charge is 0.371 e. The zero-order valence-electron chi connectivity index (χ0n) is 10.4. The van der Waals surface area contributed by atoms with Crippen LogP contribution in [0.4, 0.5) is 5.69 Å². The van der Waals surface area contributed by atoms with Crippen molar-refractivity contribution < 1.29 is 27.7 Å². The lowest BCUT2D eigenvalue weighted by Gasteiger charge is -2.02. The number of para-hydroxylation sites is 1. The van der Waals surface area contributed by atoms with Crippen LogP contribution in [-0.4, -0.2) is 24.4 Å². The Labute approximate surface area is 118 Å². The molecule has 0 spiro atoms. The van der Waals surface area contributed by atoms with Crippen molar-refractivity contribution in [2.45, 2.75) is 10.8 Å². The Balaban J connectivity index is 2.37. The average molecular weight is 311 g/mol. The molecular weight excluding hydrogens is 302 g/mol. The lowest BCUT2D eigenvalue weighted by Crippen LogP contribution is -2.06. The summed E-state index contributed by atoms with van der Waals surface area (Å²) in [5.41, 5.74) is -0.332. The summed E-state index contributed by atoms with van der Waals surface area (Å²) in [5.74, 6) is -2.57. The number of nitrogens with zero attached hydrogens (tertiary/aromatic N) is 1. The summed E-state index contributed by atoms with van der Waals surface area (Å²) in [6, 6.07) is 7.42. The summed E-state index contributed by atoms with van der Waals surface area (Å²) in [6.45, 7) is 0. The van der Waals surface area contributed by atoms with Gasteiger partial charge in [-0.05, 0) is 12.1 Å². The molecule has 0 aliphatic carbocycles. The van der Waals surface area contributed by atoms with Crippen LogP contribution in [0.15, 0.2) is 45.9 Å². The number of carboxylic acids is 1. The third kappa shape index (κ3) is 3.08. The van der Waals surface area contributed by atoms with Gasteiger partial charge >= 0.3 is 5.97 Å². The van der Waals surface area contributed by atoms with Crippen LogP contribution < -0.4 is 0 Å². The Kier molecular flexibility index (Phi) is 3.76. The second-order valence-corrected chi connectivity index (χ2v) is 5.99. The fourth-order valence-corrected chi connectivity index (χ4v) is 2.98. The minimum Gasteiger partial charge on any atom is -0.475 e. The van der Waals surface area contributed by atoms with Crippen molar-refractivity contribution in [1.82, 2.24) is 0 Å². The number of carboxylic acid groups (broad SMARTS) is 1. The van der Waals surface area contributed by atoms with Gasteiger partial charge < -0.3 is 9.52 Å². The van der Waals surface area contributed by atoms with E-state index in [4.69, 9.17) is 9.52 Å². The van der Waals surface area contributed by atoms with Crippen molar-refractivity contribution in [2.24, 2.45) is 0 Å². The van der Waals surface area contributed by atoms with Crippen molar-refractivity contribution in [3.05, 3.63) is 57.8 Å². The Morgan fingerprint density at radius 2 is 1.90 bits per heavy atom. The predicted molar refractivity (Wildman–Crippen MR) is 69.7 cm³/mol. The molecule has 8 nitrogen and oxygen atoms in total. The first-order valence-electron chi connectivity index (χ1n) is 5.59. The molecule has 0 saturated heterocycles. The standard InChI is InChI=1S/C12H9NO7S/c14-12(15)10-5-6-11(20-10)21(18,19)7-8-3-1-2-4-9(8)13(16)17/h1-6H,7H2,(H,14,15). The Morgan fingerprint density at radius 1 is 1.24 bits per heavy atom. The molecule has 1 aromatic heterocycles. The summed E-state index contributed by atoms with van der Waals surface area (Å²) in [5, 5.41) is 19.0. The maximum atomic E-state index is 12.1. The van der Waals surface area contributed by atoms with Crippen LogP contribution in [0.5, 0.6) is 0 Å². The van der Waals surface area contributed by atoms with E-state index in [2.05, 4.69) is 0 Å². The second kappa shape index (κ2) is 5.37. The number of nitro groups is 1. The largest absolute Gasteiger partial charge is 0.475 e. The predicted octanol–water partition coefficient (Wildman–Crippen LogP) is 1.86. The maximum Gasteiger partial charge on any atom is 0.371 e. The van der Waals surface area contributed by atoms with E-state index < -0.39 is 37.3 Å². The number of hydrogen-bond acceptors (Lipinski definition) is 6. The summed E-state index contributed by atoms with van der Waals surface area (Å²) >= 11 is 0. The molecule has 0 aliphatic rings. The number of sulfone groups is 1. The molecule has 0 radical (unpaired) electrons. The average Bonchev–Trinajstić information content (AvgIpc) is 2.89. The van der Waals surface area contributed by atoms with Crippen molar-refractivity contribution in [2.75, 3.05) is 0 Å². The lowest BCUT2D eigenvalue weighted by atomic mass is 10.2. The van der Waals surface area contributed by atoms with E-state index in [1.807, 2.05) is 0 Å². The zero-order chi connectivity index (χ0) is 15.6. The van der Waals surface area contributed by atoms with Gasteiger partial charge in [0.25, 0.3) is 5.69 Å². The second-order valence-electron chi connectivity index (χ2n) is 4.07. The Bertz CT molecular complexity index is 807. The molecule has 0 amide bonds. The first kappa shape index (κ1) is 14.7. The number of aromatic carboxylic acids is 1. The first-order chi connectivity index (χ1) is 9.81. The molecule has 2 rings (SSSR count). The van der Waals surface area contributed by atoms with Crippen LogP contribution in [0.3, 0.4) is 0 Å². The summed E-state index contributed by atoms with van der Waals surface area (Å²) in [6.07, 6.45) is 0. The van der Waals surface area contributed by atoms with Gasteiger partial charge in [-0.3, -0.25) is 10.1 Å². The van der Waals surface area contributed by atoms with Gasteiger partial charge in [0.05, 0.1) is 10.7 Å².